The summed E-state index contributed by atoms with van der Waals surface area (Å²) in [6.07, 6.45) is 4.92. The molecule has 1 heterocycles. The van der Waals surface area contributed by atoms with Crippen LogP contribution in [0.2, 0.25) is 0 Å². The molecule has 0 bridgehead atoms. The number of nitrogens with one attached hydrogen (secondary N) is 1. The highest BCUT2D eigenvalue weighted by Crippen LogP contribution is 2.12. The van der Waals surface area contributed by atoms with E-state index in [2.05, 4.69) is 24.3 Å². The number of rotatable bonds is 8. The zero-order valence-corrected chi connectivity index (χ0v) is 11.5. The monoisotopic (exact) mass is 239 g/mol. The minimum absolute atomic E-state index is 0.609. The van der Waals surface area contributed by atoms with Crippen molar-refractivity contribution in [1.29, 1.82) is 0 Å². The highest BCUT2D eigenvalue weighted by Gasteiger charge is 2.09. The SMILES string of the molecule is CCCC(CCC)NCc1cc(OC)n(C)n1. The molecule has 1 rings (SSSR count). The summed E-state index contributed by atoms with van der Waals surface area (Å²) >= 11 is 0. The van der Waals surface area contributed by atoms with Crippen LogP contribution in [0.1, 0.15) is 45.2 Å². The van der Waals surface area contributed by atoms with E-state index in [1.54, 1.807) is 11.8 Å². The summed E-state index contributed by atoms with van der Waals surface area (Å²) in [6.45, 7) is 5.28. The molecule has 0 aliphatic rings. The van der Waals surface area contributed by atoms with Crippen LogP contribution in [0.3, 0.4) is 0 Å². The van der Waals surface area contributed by atoms with Gasteiger partial charge in [-0.2, -0.15) is 5.10 Å². The van der Waals surface area contributed by atoms with Crippen LogP contribution >= 0.6 is 0 Å². The number of aromatic nitrogens is 2. The molecule has 0 saturated heterocycles. The predicted octanol–water partition coefficient (Wildman–Crippen LogP) is 2.49. The van der Waals surface area contributed by atoms with E-state index in [0.29, 0.717) is 6.04 Å². The molecule has 0 amide bonds. The molecule has 4 nitrogen and oxygen atoms in total. The molecule has 0 spiro atoms. The fourth-order valence-corrected chi connectivity index (χ4v) is 2.08. The quantitative estimate of drug-likeness (QED) is 0.757. The van der Waals surface area contributed by atoms with Gasteiger partial charge in [0.1, 0.15) is 0 Å². The Kier molecular flexibility index (Phi) is 6.05. The zero-order valence-electron chi connectivity index (χ0n) is 11.5. The van der Waals surface area contributed by atoms with Crippen molar-refractivity contribution in [2.24, 2.45) is 7.05 Å². The van der Waals surface area contributed by atoms with Crippen LogP contribution < -0.4 is 10.1 Å². The van der Waals surface area contributed by atoms with E-state index in [4.69, 9.17) is 4.74 Å². The van der Waals surface area contributed by atoms with Gasteiger partial charge in [0.25, 0.3) is 0 Å². The topological polar surface area (TPSA) is 39.1 Å². The third kappa shape index (κ3) is 4.38. The van der Waals surface area contributed by atoms with Gasteiger partial charge in [0.05, 0.1) is 12.8 Å². The lowest BCUT2D eigenvalue weighted by Gasteiger charge is -2.16. The zero-order chi connectivity index (χ0) is 12.7. The first-order valence-electron chi connectivity index (χ1n) is 6.51. The van der Waals surface area contributed by atoms with Crippen molar-refractivity contribution in [2.75, 3.05) is 7.11 Å². The molecule has 4 heteroatoms. The molecule has 0 unspecified atom stereocenters. The van der Waals surface area contributed by atoms with Crippen molar-refractivity contribution in [3.8, 4) is 5.88 Å². The molecule has 0 saturated carbocycles. The Morgan fingerprint density at radius 3 is 2.47 bits per heavy atom. The van der Waals surface area contributed by atoms with Crippen molar-refractivity contribution in [1.82, 2.24) is 15.1 Å². The maximum Gasteiger partial charge on any atom is 0.211 e. The summed E-state index contributed by atoms with van der Waals surface area (Å²) in [5, 5.41) is 7.97. The van der Waals surface area contributed by atoms with Gasteiger partial charge in [-0.25, -0.2) is 4.68 Å². The van der Waals surface area contributed by atoms with E-state index in [9.17, 15) is 0 Å². The molecule has 0 aliphatic carbocycles. The fourth-order valence-electron chi connectivity index (χ4n) is 2.08. The Balaban J connectivity index is 2.46. The first-order chi connectivity index (χ1) is 8.21. The van der Waals surface area contributed by atoms with Gasteiger partial charge in [-0.3, -0.25) is 0 Å². The molecule has 0 radical (unpaired) electrons. The van der Waals surface area contributed by atoms with Crippen molar-refractivity contribution in [3.05, 3.63) is 11.8 Å². The number of hydrogen-bond acceptors (Lipinski definition) is 3. The lowest BCUT2D eigenvalue weighted by Crippen LogP contribution is -2.28. The lowest BCUT2D eigenvalue weighted by atomic mass is 10.1. The van der Waals surface area contributed by atoms with E-state index in [1.165, 1.54) is 25.7 Å². The number of nitrogens with zero attached hydrogens (tertiary/aromatic N) is 2. The summed E-state index contributed by atoms with van der Waals surface area (Å²) in [6, 6.07) is 2.60. The van der Waals surface area contributed by atoms with Crippen molar-refractivity contribution in [2.45, 2.75) is 52.1 Å². The molecule has 98 valence electrons. The Bertz CT molecular complexity index is 316. The summed E-state index contributed by atoms with van der Waals surface area (Å²) in [5.41, 5.74) is 1.04. The van der Waals surface area contributed by atoms with E-state index >= 15 is 0 Å². The van der Waals surface area contributed by atoms with Crippen molar-refractivity contribution >= 4 is 0 Å². The molecule has 0 aliphatic heterocycles. The van der Waals surface area contributed by atoms with Crippen LogP contribution in [-0.4, -0.2) is 22.9 Å². The molecule has 1 N–H and O–H groups in total. The fraction of sp³-hybridized carbons (Fsp3) is 0.769. The molecule has 0 aromatic carbocycles. The standard InChI is InChI=1S/C13H25N3O/c1-5-7-11(8-6-2)14-10-12-9-13(17-4)16(3)15-12/h9,11,14H,5-8,10H2,1-4H3. The van der Waals surface area contributed by atoms with E-state index in [1.807, 2.05) is 13.1 Å². The van der Waals surface area contributed by atoms with Crippen LogP contribution in [-0.2, 0) is 13.6 Å². The Hall–Kier alpha value is -1.03. The Labute approximate surface area is 104 Å². The summed E-state index contributed by atoms with van der Waals surface area (Å²) in [7, 11) is 3.57. The van der Waals surface area contributed by atoms with Gasteiger partial charge >= 0.3 is 0 Å². The average Bonchev–Trinajstić information content (AvgIpc) is 2.67. The van der Waals surface area contributed by atoms with Crippen molar-refractivity contribution in [3.63, 3.8) is 0 Å². The van der Waals surface area contributed by atoms with Crippen LogP contribution in [0, 0.1) is 0 Å². The van der Waals surface area contributed by atoms with Gasteiger partial charge < -0.3 is 10.1 Å². The smallest absolute Gasteiger partial charge is 0.211 e. The summed E-state index contributed by atoms with van der Waals surface area (Å²) in [4.78, 5) is 0. The lowest BCUT2D eigenvalue weighted by molar-refractivity contribution is 0.373. The first-order valence-corrected chi connectivity index (χ1v) is 6.51. The second-order valence-corrected chi connectivity index (χ2v) is 4.46. The number of hydrogen-bond donors (Lipinski definition) is 1. The van der Waals surface area contributed by atoms with E-state index in [0.717, 1.165) is 18.1 Å². The molecular weight excluding hydrogens is 214 g/mol. The average molecular weight is 239 g/mol. The molecular formula is C13H25N3O. The molecule has 1 aromatic heterocycles. The highest BCUT2D eigenvalue weighted by molar-refractivity contribution is 5.15. The second-order valence-electron chi connectivity index (χ2n) is 4.46. The minimum atomic E-state index is 0.609. The maximum absolute atomic E-state index is 5.20. The van der Waals surface area contributed by atoms with Crippen LogP contribution in [0.5, 0.6) is 5.88 Å². The second kappa shape index (κ2) is 7.33. The van der Waals surface area contributed by atoms with Gasteiger partial charge in [0, 0.05) is 25.7 Å². The van der Waals surface area contributed by atoms with E-state index < -0.39 is 0 Å². The largest absolute Gasteiger partial charge is 0.481 e. The van der Waals surface area contributed by atoms with E-state index in [-0.39, 0.29) is 0 Å². The van der Waals surface area contributed by atoms with Gasteiger partial charge in [-0.1, -0.05) is 26.7 Å². The van der Waals surface area contributed by atoms with Gasteiger partial charge in [0.2, 0.25) is 5.88 Å². The predicted molar refractivity (Wildman–Crippen MR) is 70.2 cm³/mol. The Morgan fingerprint density at radius 2 is 2.00 bits per heavy atom. The normalized spacial score (nSPS) is 11.1. The summed E-state index contributed by atoms with van der Waals surface area (Å²) < 4.78 is 6.97. The molecule has 1 aromatic rings. The van der Waals surface area contributed by atoms with Crippen molar-refractivity contribution < 1.29 is 4.74 Å². The highest BCUT2D eigenvalue weighted by atomic mass is 16.5. The van der Waals surface area contributed by atoms with Gasteiger partial charge in [0.15, 0.2) is 0 Å². The van der Waals surface area contributed by atoms with Gasteiger partial charge in [-0.15, -0.1) is 0 Å². The molecule has 17 heavy (non-hydrogen) atoms. The third-order valence-corrected chi connectivity index (χ3v) is 2.94. The number of aryl methyl sites for hydroxylation is 1. The third-order valence-electron chi connectivity index (χ3n) is 2.94. The van der Waals surface area contributed by atoms with Crippen LogP contribution in [0.4, 0.5) is 0 Å². The molecule has 0 atom stereocenters. The molecule has 0 fully saturated rings. The van der Waals surface area contributed by atoms with Crippen LogP contribution in [0.25, 0.3) is 0 Å². The van der Waals surface area contributed by atoms with Crippen LogP contribution in [0.15, 0.2) is 6.07 Å². The maximum atomic E-state index is 5.20. The number of methoxy groups -OCH3 is 1. The summed E-state index contributed by atoms with van der Waals surface area (Å²) in [5.74, 6) is 0.810. The van der Waals surface area contributed by atoms with Gasteiger partial charge in [-0.05, 0) is 12.8 Å². The number of ether oxygens (including phenoxy) is 1. The minimum Gasteiger partial charge on any atom is -0.481 e. The Morgan fingerprint density at radius 1 is 1.35 bits per heavy atom. The first kappa shape index (κ1) is 14.0.